The van der Waals surface area contributed by atoms with Gasteiger partial charge in [-0.15, -0.1) is 0 Å². The van der Waals surface area contributed by atoms with Crippen LogP contribution in [0, 0.1) is 0 Å². The lowest BCUT2D eigenvalue weighted by molar-refractivity contribution is -0.143. The summed E-state index contributed by atoms with van der Waals surface area (Å²) in [5.74, 6) is -1.33. The highest BCUT2D eigenvalue weighted by Gasteiger charge is 2.38. The third kappa shape index (κ3) is 9.50. The van der Waals surface area contributed by atoms with Crippen molar-refractivity contribution < 1.29 is 42.2 Å². The fourth-order valence-electron chi connectivity index (χ4n) is 7.99. The van der Waals surface area contributed by atoms with Crippen LogP contribution in [0.2, 0.25) is 5.02 Å². The molecule has 4 aliphatic heterocycles. The average Bonchev–Trinajstić information content (AvgIpc) is 3.32. The maximum absolute atomic E-state index is 14.1. The quantitative estimate of drug-likeness (QED) is 0.310. The van der Waals surface area contributed by atoms with Crippen LogP contribution in [0.4, 0.5) is 34.1 Å². The van der Waals surface area contributed by atoms with Crippen LogP contribution >= 0.6 is 11.6 Å². The van der Waals surface area contributed by atoms with Gasteiger partial charge in [0, 0.05) is 76.5 Å². The molecule has 0 saturated carbocycles. The SMILES string of the molecule is Nc1c(Cl)cc(CC(OC(=O)N2CCC(N3CCc4ccccc4NC3=O)CC2)C(=O)N2CCN(C3CCN(CCC(=O)O)CC3)CC2)cc1C(F)(F)F. The number of carbonyl (C=O) groups is 4. The molecular weight excluding hydrogens is 731 g/mol. The summed E-state index contributed by atoms with van der Waals surface area (Å²) in [6.45, 7) is 4.97. The number of fused-ring (bicyclic) bond motifs is 1. The zero-order valence-corrected chi connectivity index (χ0v) is 30.8. The van der Waals surface area contributed by atoms with E-state index in [9.17, 15) is 32.3 Å². The molecule has 2 aromatic carbocycles. The Balaban J connectivity index is 1.09. The zero-order valence-electron chi connectivity index (χ0n) is 30.0. The first-order valence-electron chi connectivity index (χ1n) is 18.5. The Morgan fingerprint density at radius 2 is 1.59 bits per heavy atom. The highest BCUT2D eigenvalue weighted by atomic mass is 35.5. The van der Waals surface area contributed by atoms with Crippen LogP contribution in [-0.4, -0.2) is 137 Å². The number of benzene rings is 2. The number of piperazine rings is 1. The second-order valence-corrected chi connectivity index (χ2v) is 14.8. The van der Waals surface area contributed by atoms with E-state index < -0.39 is 41.5 Å². The molecule has 0 aliphatic carbocycles. The number of carboxylic acid groups (broad SMARTS) is 1. The average molecular weight is 778 g/mol. The van der Waals surface area contributed by atoms with Crippen molar-refractivity contribution in [2.75, 3.05) is 76.5 Å². The van der Waals surface area contributed by atoms with E-state index in [1.54, 1.807) is 9.80 Å². The number of alkyl halides is 3. The molecule has 17 heteroatoms. The number of carboxylic acids is 1. The second-order valence-electron chi connectivity index (χ2n) is 14.4. The van der Waals surface area contributed by atoms with Crippen LogP contribution in [0.15, 0.2) is 36.4 Å². The van der Waals surface area contributed by atoms with Crippen LogP contribution in [0.25, 0.3) is 0 Å². The number of halogens is 4. The molecule has 54 heavy (non-hydrogen) atoms. The zero-order chi connectivity index (χ0) is 38.6. The van der Waals surface area contributed by atoms with E-state index in [2.05, 4.69) is 15.1 Å². The number of nitrogens with zero attached hydrogens (tertiary/aromatic N) is 5. The third-order valence-corrected chi connectivity index (χ3v) is 11.4. The Morgan fingerprint density at radius 1 is 0.926 bits per heavy atom. The van der Waals surface area contributed by atoms with Crippen molar-refractivity contribution in [1.29, 1.82) is 0 Å². The summed E-state index contributed by atoms with van der Waals surface area (Å²) in [6, 6.07) is 9.71. The van der Waals surface area contributed by atoms with Gasteiger partial charge in [0.2, 0.25) is 0 Å². The molecule has 294 valence electrons. The first-order chi connectivity index (χ1) is 25.8. The molecule has 4 aliphatic rings. The molecule has 4 amide bonds. The van der Waals surface area contributed by atoms with Crippen molar-refractivity contribution in [3.05, 3.63) is 58.1 Å². The Hall–Kier alpha value is -4.28. The number of nitrogen functional groups attached to an aromatic ring is 1. The fourth-order valence-corrected chi connectivity index (χ4v) is 8.23. The summed E-state index contributed by atoms with van der Waals surface area (Å²) in [4.78, 5) is 61.0. The van der Waals surface area contributed by atoms with Crippen LogP contribution < -0.4 is 11.1 Å². The lowest BCUT2D eigenvalue weighted by Gasteiger charge is -2.43. The minimum Gasteiger partial charge on any atom is -0.481 e. The van der Waals surface area contributed by atoms with Gasteiger partial charge in [0.05, 0.1) is 22.7 Å². The van der Waals surface area contributed by atoms with Crippen molar-refractivity contribution >= 4 is 47.0 Å². The number of piperidine rings is 2. The van der Waals surface area contributed by atoms with Gasteiger partial charge in [0.1, 0.15) is 0 Å². The number of hydrogen-bond acceptors (Lipinski definition) is 8. The van der Waals surface area contributed by atoms with Crippen LogP contribution in [-0.2, 0) is 33.3 Å². The third-order valence-electron chi connectivity index (χ3n) is 11.1. The monoisotopic (exact) mass is 777 g/mol. The maximum Gasteiger partial charge on any atom is 0.418 e. The largest absolute Gasteiger partial charge is 0.481 e. The van der Waals surface area contributed by atoms with E-state index in [1.165, 1.54) is 11.0 Å². The fraction of sp³-hybridized carbons (Fsp3) is 0.568. The summed E-state index contributed by atoms with van der Waals surface area (Å²) in [6.07, 6.45) is -3.80. The van der Waals surface area contributed by atoms with Crippen LogP contribution in [0.5, 0.6) is 0 Å². The van der Waals surface area contributed by atoms with Crippen LogP contribution in [0.3, 0.4) is 0 Å². The van der Waals surface area contributed by atoms with E-state index in [1.807, 2.05) is 24.3 Å². The summed E-state index contributed by atoms with van der Waals surface area (Å²) in [5, 5.41) is 11.7. The Labute approximate surface area is 317 Å². The van der Waals surface area contributed by atoms with Gasteiger partial charge in [0.25, 0.3) is 5.91 Å². The number of nitrogens with one attached hydrogen (secondary N) is 1. The first-order valence-corrected chi connectivity index (χ1v) is 18.9. The highest BCUT2D eigenvalue weighted by molar-refractivity contribution is 6.33. The summed E-state index contributed by atoms with van der Waals surface area (Å²) in [7, 11) is 0. The molecule has 3 fully saturated rings. The number of urea groups is 1. The normalized spacial score (nSPS) is 20.2. The van der Waals surface area contributed by atoms with Crippen LogP contribution in [0.1, 0.15) is 48.8 Å². The molecule has 0 spiro atoms. The van der Waals surface area contributed by atoms with Gasteiger partial charge in [-0.2, -0.15) is 13.2 Å². The molecule has 3 saturated heterocycles. The van der Waals surface area contributed by atoms with E-state index in [-0.39, 0.29) is 54.6 Å². The van der Waals surface area contributed by atoms with E-state index in [4.69, 9.17) is 27.2 Å². The molecule has 6 rings (SSSR count). The van der Waals surface area contributed by atoms with Crippen molar-refractivity contribution in [2.24, 2.45) is 0 Å². The van der Waals surface area contributed by atoms with Gasteiger partial charge in [-0.05, 0) is 74.5 Å². The van der Waals surface area contributed by atoms with Gasteiger partial charge in [0.15, 0.2) is 6.10 Å². The molecule has 2 aromatic rings. The highest BCUT2D eigenvalue weighted by Crippen LogP contribution is 2.38. The van der Waals surface area contributed by atoms with E-state index in [0.29, 0.717) is 58.5 Å². The molecule has 4 heterocycles. The number of carbonyl (C=O) groups excluding carboxylic acids is 3. The minimum absolute atomic E-state index is 0.0489. The lowest BCUT2D eigenvalue weighted by Crippen LogP contribution is -2.56. The number of anilines is 2. The first kappa shape index (κ1) is 39.4. The number of amides is 4. The predicted octanol–water partition coefficient (Wildman–Crippen LogP) is 4.63. The summed E-state index contributed by atoms with van der Waals surface area (Å²) < 4.78 is 47.4. The second kappa shape index (κ2) is 17.0. The predicted molar refractivity (Wildman–Crippen MR) is 195 cm³/mol. The van der Waals surface area contributed by atoms with E-state index >= 15 is 0 Å². The van der Waals surface area contributed by atoms with Gasteiger partial charge in [-0.1, -0.05) is 29.8 Å². The Kier molecular flexibility index (Phi) is 12.4. The summed E-state index contributed by atoms with van der Waals surface area (Å²) in [5.41, 5.74) is 5.78. The number of para-hydroxylation sites is 1. The standard InChI is InChI=1S/C37H47ClF3N7O6/c38-29-22-24(21-28(33(29)42)37(39,40)41)23-31(34(51)46-19-17-45(18-20-46)26-6-11-44(12-7-26)13-10-32(49)50)54-36(53)47-14-8-27(9-15-47)48-16-5-25-3-1-2-4-30(25)43-35(48)52/h1-4,21-22,26-27,31H,5-20,23,42H2,(H,43,52)(H,49,50). The van der Waals surface area contributed by atoms with Gasteiger partial charge in [-0.25, -0.2) is 9.59 Å². The van der Waals surface area contributed by atoms with Crippen molar-refractivity contribution in [1.82, 2.24) is 24.5 Å². The number of likely N-dealkylation sites (tertiary alicyclic amines) is 2. The smallest absolute Gasteiger partial charge is 0.418 e. The lowest BCUT2D eigenvalue weighted by atomic mass is 10.0. The van der Waals surface area contributed by atoms with E-state index in [0.717, 1.165) is 43.2 Å². The number of ether oxygens (including phenoxy) is 1. The molecule has 0 radical (unpaired) electrons. The number of aliphatic carboxylic acids is 1. The molecule has 13 nitrogen and oxygen atoms in total. The molecule has 0 aromatic heterocycles. The van der Waals surface area contributed by atoms with Crippen molar-refractivity contribution in [3.63, 3.8) is 0 Å². The number of rotatable bonds is 9. The molecule has 1 atom stereocenters. The topological polar surface area (TPSA) is 152 Å². The molecular formula is C37H47ClF3N7O6. The van der Waals surface area contributed by atoms with Crippen molar-refractivity contribution in [3.8, 4) is 0 Å². The van der Waals surface area contributed by atoms with Gasteiger partial charge < -0.3 is 40.5 Å². The van der Waals surface area contributed by atoms with Gasteiger partial charge in [-0.3, -0.25) is 14.5 Å². The number of nitrogens with two attached hydrogens (primary N) is 1. The molecule has 1 unspecified atom stereocenters. The molecule has 0 bridgehead atoms. The maximum atomic E-state index is 14.1. The Morgan fingerprint density at radius 3 is 2.26 bits per heavy atom. The minimum atomic E-state index is -4.79. The summed E-state index contributed by atoms with van der Waals surface area (Å²) >= 11 is 6.12. The van der Waals surface area contributed by atoms with Gasteiger partial charge >= 0.3 is 24.3 Å². The van der Waals surface area contributed by atoms with Crippen molar-refractivity contribution in [2.45, 2.75) is 69.3 Å². The molecule has 4 N–H and O–H groups in total. The number of hydrogen-bond donors (Lipinski definition) is 3. The Bertz CT molecular complexity index is 1690.